The molecular formula is C44H55N7O6S2+2. The molecule has 4 aliphatic heterocycles. The van der Waals surface area contributed by atoms with Crippen LogP contribution in [0.4, 0.5) is 34.1 Å². The minimum atomic E-state index is -3.76. The number of benzene rings is 4. The van der Waals surface area contributed by atoms with Gasteiger partial charge in [-0.2, -0.15) is 18.5 Å². The fraction of sp³-hybridized carbons (Fsp3) is 0.409. The summed E-state index contributed by atoms with van der Waals surface area (Å²) in [4.78, 5) is 31.8. The van der Waals surface area contributed by atoms with Gasteiger partial charge in [0, 0.05) is 75.1 Å². The monoisotopic (exact) mass is 841 g/mol. The van der Waals surface area contributed by atoms with Crippen LogP contribution in [0.5, 0.6) is 0 Å². The van der Waals surface area contributed by atoms with Crippen molar-refractivity contribution in [2.75, 3.05) is 63.1 Å². The first kappa shape index (κ1) is 41.0. The number of hydrogen-bond donors (Lipinski definition) is 6. The molecule has 4 heterocycles. The largest absolute Gasteiger partial charge is 0.367 e. The Kier molecular flexibility index (Phi) is 11.1. The van der Waals surface area contributed by atoms with Gasteiger partial charge in [-0.15, -0.1) is 0 Å². The Labute approximate surface area is 349 Å². The number of amides is 2. The van der Waals surface area contributed by atoms with Crippen LogP contribution in [0.15, 0.2) is 64.4 Å². The Bertz CT molecular complexity index is 2450. The molecule has 312 valence electrons. The summed E-state index contributed by atoms with van der Waals surface area (Å²) >= 11 is 0. The van der Waals surface area contributed by atoms with Gasteiger partial charge in [0.25, 0.3) is 0 Å². The molecule has 6 N–H and O–H groups in total. The Morgan fingerprint density at radius 1 is 0.695 bits per heavy atom. The molecule has 0 bridgehead atoms. The smallest absolute Gasteiger partial charge is 0.348 e. The van der Waals surface area contributed by atoms with Crippen molar-refractivity contribution >= 4 is 66.7 Å². The third-order valence-electron chi connectivity index (χ3n) is 12.5. The van der Waals surface area contributed by atoms with Gasteiger partial charge >= 0.3 is 20.8 Å². The molecule has 0 aliphatic carbocycles. The van der Waals surface area contributed by atoms with E-state index >= 15 is 0 Å². The molecule has 3 unspecified atom stereocenters. The summed E-state index contributed by atoms with van der Waals surface area (Å²) in [5, 5.41) is 5.93. The first-order valence-electron chi connectivity index (χ1n) is 20.4. The van der Waals surface area contributed by atoms with Gasteiger partial charge < -0.3 is 20.4 Å². The van der Waals surface area contributed by atoms with Crippen LogP contribution in [0.3, 0.4) is 0 Å². The highest BCUT2D eigenvalue weighted by molar-refractivity contribution is 7.99. The van der Waals surface area contributed by atoms with Crippen molar-refractivity contribution < 1.29 is 27.1 Å². The highest BCUT2D eigenvalue weighted by Gasteiger charge is 2.40. The summed E-state index contributed by atoms with van der Waals surface area (Å²) in [5.41, 5.74) is 10.6. The summed E-state index contributed by atoms with van der Waals surface area (Å²) in [5.74, 6) is -0.119. The second-order valence-corrected chi connectivity index (χ2v) is 20.1. The van der Waals surface area contributed by atoms with Crippen LogP contribution in [-0.4, -0.2) is 65.1 Å². The van der Waals surface area contributed by atoms with E-state index in [2.05, 4.69) is 48.7 Å². The third kappa shape index (κ3) is 8.49. The zero-order valence-electron chi connectivity index (χ0n) is 34.4. The molecule has 2 amide bonds. The quantitative estimate of drug-likeness (QED) is 0.0830. The average Bonchev–Trinajstić information content (AvgIpc) is 3.91. The molecule has 4 aliphatic rings. The van der Waals surface area contributed by atoms with Crippen molar-refractivity contribution in [3.63, 3.8) is 0 Å². The maximum atomic E-state index is 14.4. The number of aryl methyl sites for hydroxylation is 5. The number of rotatable bonds is 11. The molecule has 8 rings (SSSR count). The molecule has 13 nitrogen and oxygen atoms in total. The van der Waals surface area contributed by atoms with Crippen molar-refractivity contribution in [3.8, 4) is 0 Å². The maximum absolute atomic E-state index is 14.4. The molecule has 15 heteroatoms. The molecule has 0 spiro atoms. The SMILES string of the molecule is Cc1ccc(N[S+](=O)(O)c2cc3c(cc2N2CCC(N(C)Cc4cc(N[S+](=O)(O)c5cc6c(cc5N5CCCC5)NC(=O)CC6)cc(C)c4C)C2)NC(=O)CC3)cc1C. The standard InChI is InChI=1S/C44H53N7O6S2/c1-27-8-11-34(18-28(27)2)47-58(54,55)42-22-32-10-13-44(53)46-38(32)24-40(42)51-17-14-36(26-51)49(5)25-33-20-35(19-29(3)30(33)4)48-59(56,57)41-21-31-9-12-43(52)45-37(31)23-39(41)50-15-6-7-16-50/h8,11,18-24,36H,6-7,9-10,12-17,25-26H2,1-5H3,(H4-2,45,46,47,48,52,53,54,55,56,57)/p+2. The number of nitrogens with one attached hydrogen (secondary N) is 4. The van der Waals surface area contributed by atoms with Gasteiger partial charge in [0.2, 0.25) is 21.6 Å². The van der Waals surface area contributed by atoms with Gasteiger partial charge in [-0.3, -0.25) is 14.5 Å². The first-order valence-corrected chi connectivity index (χ1v) is 23.5. The lowest BCUT2D eigenvalue weighted by molar-refractivity contribution is -0.117. The molecule has 0 aromatic heterocycles. The van der Waals surface area contributed by atoms with Gasteiger partial charge in [0.05, 0.1) is 11.4 Å². The highest BCUT2D eigenvalue weighted by Crippen LogP contribution is 2.41. The van der Waals surface area contributed by atoms with Gasteiger partial charge in [0.15, 0.2) is 0 Å². The molecule has 4 aromatic carbocycles. The van der Waals surface area contributed by atoms with Crippen molar-refractivity contribution in [2.24, 2.45) is 0 Å². The number of likely N-dealkylation sites (N-methyl/N-ethyl adjacent to an activating group) is 1. The summed E-state index contributed by atoms with van der Waals surface area (Å²) in [6, 6.07) is 16.8. The Balaban J connectivity index is 1.03. The zero-order chi connectivity index (χ0) is 41.8. The fourth-order valence-electron chi connectivity index (χ4n) is 8.79. The Hall–Kier alpha value is -4.80. The van der Waals surface area contributed by atoms with E-state index in [1.54, 1.807) is 12.1 Å². The van der Waals surface area contributed by atoms with Gasteiger partial charge in [-0.05, 0) is 151 Å². The summed E-state index contributed by atoms with van der Waals surface area (Å²) < 4.78 is 58.0. The van der Waals surface area contributed by atoms with Crippen LogP contribution in [-0.2, 0) is 58.2 Å². The van der Waals surface area contributed by atoms with E-state index in [0.29, 0.717) is 89.2 Å². The minimum absolute atomic E-state index is 0.0475. The number of nitrogens with zero attached hydrogens (tertiary/aromatic N) is 3. The number of fused-ring (bicyclic) bond motifs is 2. The van der Waals surface area contributed by atoms with Crippen molar-refractivity contribution in [2.45, 2.75) is 95.0 Å². The number of carbonyl (C=O) groups is 2. The summed E-state index contributed by atoms with van der Waals surface area (Å²) in [6.45, 7) is 11.4. The fourth-order valence-corrected chi connectivity index (χ4v) is 11.4. The van der Waals surface area contributed by atoms with Crippen molar-refractivity contribution in [3.05, 3.63) is 93.5 Å². The minimum Gasteiger partial charge on any atom is -0.367 e. The van der Waals surface area contributed by atoms with Crippen LogP contribution in [0.1, 0.15) is 71.0 Å². The predicted octanol–water partition coefficient (Wildman–Crippen LogP) is 7.72. The average molecular weight is 842 g/mol. The lowest BCUT2D eigenvalue weighted by Gasteiger charge is -2.28. The van der Waals surface area contributed by atoms with Crippen LogP contribution in [0, 0.1) is 27.7 Å². The van der Waals surface area contributed by atoms with Crippen LogP contribution in [0.2, 0.25) is 0 Å². The molecule has 2 saturated heterocycles. The normalized spacial score (nSPS) is 19.8. The van der Waals surface area contributed by atoms with E-state index < -0.39 is 20.8 Å². The van der Waals surface area contributed by atoms with Gasteiger partial charge in [0.1, 0.15) is 11.4 Å². The van der Waals surface area contributed by atoms with Crippen LogP contribution < -0.4 is 29.9 Å². The number of hydrogen-bond acceptors (Lipinski definition) is 7. The second kappa shape index (κ2) is 16.0. The first-order chi connectivity index (χ1) is 28.0. The van der Waals surface area contributed by atoms with E-state index in [-0.39, 0.29) is 17.9 Å². The lowest BCUT2D eigenvalue weighted by atomic mass is 10.0. The van der Waals surface area contributed by atoms with Gasteiger partial charge in [-0.25, -0.2) is 0 Å². The van der Waals surface area contributed by atoms with Gasteiger partial charge in [-0.1, -0.05) is 6.07 Å². The second-order valence-electron chi connectivity index (χ2n) is 16.7. The Morgan fingerprint density at radius 3 is 1.85 bits per heavy atom. The highest BCUT2D eigenvalue weighted by atomic mass is 32.3. The summed E-state index contributed by atoms with van der Waals surface area (Å²) in [6.07, 6.45) is 4.44. The molecule has 4 aromatic rings. The topological polar surface area (TPSA) is 167 Å². The zero-order valence-corrected chi connectivity index (χ0v) is 36.1. The van der Waals surface area contributed by atoms with Crippen molar-refractivity contribution in [1.29, 1.82) is 0 Å². The van der Waals surface area contributed by atoms with E-state index in [1.165, 1.54) is 0 Å². The number of anilines is 6. The number of carbonyl (C=O) groups excluding carboxylic acids is 2. The molecule has 2 fully saturated rings. The lowest BCUT2D eigenvalue weighted by Crippen LogP contribution is -2.35. The van der Waals surface area contributed by atoms with Crippen LogP contribution >= 0.6 is 0 Å². The Morgan fingerprint density at radius 2 is 1.25 bits per heavy atom. The predicted molar refractivity (Wildman–Crippen MR) is 237 cm³/mol. The van der Waals surface area contributed by atoms with E-state index in [1.807, 2.05) is 63.2 Å². The third-order valence-corrected chi connectivity index (χ3v) is 15.4. The molecular weight excluding hydrogens is 787 g/mol. The molecule has 0 saturated carbocycles. The van der Waals surface area contributed by atoms with E-state index in [0.717, 1.165) is 71.3 Å². The molecule has 3 atom stereocenters. The van der Waals surface area contributed by atoms with Crippen molar-refractivity contribution in [1.82, 2.24) is 4.90 Å². The summed E-state index contributed by atoms with van der Waals surface area (Å²) in [7, 11) is -5.44. The molecule has 59 heavy (non-hydrogen) atoms. The van der Waals surface area contributed by atoms with E-state index in [4.69, 9.17) is 0 Å². The molecule has 0 radical (unpaired) electrons. The maximum Gasteiger partial charge on any atom is 0.348 e. The van der Waals surface area contributed by atoms with Crippen LogP contribution in [0.25, 0.3) is 0 Å². The van der Waals surface area contributed by atoms with E-state index in [9.17, 15) is 27.1 Å².